The van der Waals surface area contributed by atoms with Gasteiger partial charge in [-0.2, -0.15) is 13.2 Å². The van der Waals surface area contributed by atoms with Crippen molar-refractivity contribution in [2.24, 2.45) is 5.92 Å². The predicted molar refractivity (Wildman–Crippen MR) is 126 cm³/mol. The van der Waals surface area contributed by atoms with Crippen LogP contribution < -0.4 is 5.32 Å². The molecule has 2 heterocycles. The van der Waals surface area contributed by atoms with Crippen molar-refractivity contribution in [2.75, 3.05) is 45.9 Å². The molecule has 2 atom stereocenters. The van der Waals surface area contributed by atoms with Gasteiger partial charge in [-0.05, 0) is 69.8 Å². The third-order valence-corrected chi connectivity index (χ3v) is 6.60. The van der Waals surface area contributed by atoms with E-state index in [0.717, 1.165) is 45.0 Å². The monoisotopic (exact) mass is 491 g/mol. The van der Waals surface area contributed by atoms with Gasteiger partial charge in [-0.3, -0.25) is 9.69 Å². The highest BCUT2D eigenvalue weighted by molar-refractivity contribution is 5.85. The van der Waals surface area contributed by atoms with Crippen molar-refractivity contribution in [1.29, 1.82) is 0 Å². The first-order valence-corrected chi connectivity index (χ1v) is 11.8. The summed E-state index contributed by atoms with van der Waals surface area (Å²) in [6.45, 7) is 8.95. The molecule has 2 saturated heterocycles. The lowest BCUT2D eigenvalue weighted by Crippen LogP contribution is -2.58. The standard InChI is InChI=1S/C24H36F3N3O2.ClH/c1-3-11-30(18(2)16-19-5-4-6-21(17-19)24(25,26)27)22(20-7-9-28-10-8-20)23(31)29-12-14-32-15-13-29;/h4-6,17-18,20,22,28H,3,7-16H2,1-2H3;1H. The molecule has 0 bridgehead atoms. The highest BCUT2D eigenvalue weighted by atomic mass is 35.5. The van der Waals surface area contributed by atoms with Gasteiger partial charge in [0.25, 0.3) is 0 Å². The minimum Gasteiger partial charge on any atom is -0.378 e. The zero-order valence-corrected chi connectivity index (χ0v) is 20.4. The van der Waals surface area contributed by atoms with Gasteiger partial charge in [0.15, 0.2) is 0 Å². The molecule has 0 spiro atoms. The number of hydrogen-bond donors (Lipinski definition) is 1. The van der Waals surface area contributed by atoms with Crippen molar-refractivity contribution in [1.82, 2.24) is 15.1 Å². The second kappa shape index (κ2) is 12.9. The molecule has 2 aliphatic heterocycles. The Hall–Kier alpha value is -1.35. The molecule has 0 radical (unpaired) electrons. The molecule has 0 aromatic heterocycles. The van der Waals surface area contributed by atoms with Gasteiger partial charge >= 0.3 is 6.18 Å². The molecule has 1 amide bonds. The van der Waals surface area contributed by atoms with Crippen molar-refractivity contribution < 1.29 is 22.7 Å². The van der Waals surface area contributed by atoms with Crippen molar-refractivity contribution in [3.63, 3.8) is 0 Å². The van der Waals surface area contributed by atoms with Gasteiger partial charge in [-0.25, -0.2) is 0 Å². The van der Waals surface area contributed by atoms with Crippen LogP contribution in [0.25, 0.3) is 0 Å². The van der Waals surface area contributed by atoms with Crippen LogP contribution in [0.5, 0.6) is 0 Å². The molecule has 2 aliphatic rings. The van der Waals surface area contributed by atoms with Crippen LogP contribution in [0.3, 0.4) is 0 Å². The van der Waals surface area contributed by atoms with E-state index in [0.29, 0.717) is 38.3 Å². The van der Waals surface area contributed by atoms with E-state index in [1.54, 1.807) is 6.07 Å². The number of carbonyl (C=O) groups excluding carboxylic acids is 1. The molecule has 0 saturated carbocycles. The number of rotatable bonds is 8. The van der Waals surface area contributed by atoms with E-state index in [9.17, 15) is 18.0 Å². The van der Waals surface area contributed by atoms with Crippen LogP contribution in [-0.2, 0) is 22.1 Å². The molecule has 1 aromatic rings. The van der Waals surface area contributed by atoms with Crippen LogP contribution in [0.1, 0.15) is 44.2 Å². The number of morpholine rings is 1. The summed E-state index contributed by atoms with van der Waals surface area (Å²) in [5.74, 6) is 0.381. The number of halogens is 4. The Morgan fingerprint density at radius 3 is 2.52 bits per heavy atom. The fourth-order valence-corrected chi connectivity index (χ4v) is 4.97. The van der Waals surface area contributed by atoms with Gasteiger partial charge in [-0.15, -0.1) is 12.4 Å². The number of ether oxygens (including phenoxy) is 1. The number of piperidine rings is 1. The molecular formula is C24H37ClF3N3O2. The summed E-state index contributed by atoms with van der Waals surface area (Å²) in [4.78, 5) is 17.9. The Morgan fingerprint density at radius 2 is 1.91 bits per heavy atom. The fraction of sp³-hybridized carbons (Fsp3) is 0.708. The molecule has 5 nitrogen and oxygen atoms in total. The van der Waals surface area contributed by atoms with E-state index < -0.39 is 11.7 Å². The number of hydrogen-bond acceptors (Lipinski definition) is 4. The number of amides is 1. The summed E-state index contributed by atoms with van der Waals surface area (Å²) in [6.07, 6.45) is -1.15. The second-order valence-electron chi connectivity index (χ2n) is 8.96. The molecule has 1 N–H and O–H groups in total. The summed E-state index contributed by atoms with van der Waals surface area (Å²) in [5, 5.41) is 3.38. The average molecular weight is 492 g/mol. The fourth-order valence-electron chi connectivity index (χ4n) is 4.97. The Balaban J connectivity index is 0.00000385. The van der Waals surface area contributed by atoms with Gasteiger partial charge in [0, 0.05) is 19.1 Å². The largest absolute Gasteiger partial charge is 0.416 e. The Bertz CT molecular complexity index is 738. The lowest BCUT2D eigenvalue weighted by Gasteiger charge is -2.43. The maximum Gasteiger partial charge on any atom is 0.416 e. The first-order chi connectivity index (χ1) is 15.3. The van der Waals surface area contributed by atoms with E-state index in [2.05, 4.69) is 17.1 Å². The molecular weight excluding hydrogens is 455 g/mol. The Kier molecular flexibility index (Phi) is 10.9. The van der Waals surface area contributed by atoms with Crippen LogP contribution >= 0.6 is 12.4 Å². The maximum absolute atomic E-state index is 13.7. The minimum absolute atomic E-state index is 0. The smallest absolute Gasteiger partial charge is 0.378 e. The van der Waals surface area contributed by atoms with Crippen molar-refractivity contribution in [2.45, 2.75) is 57.8 Å². The number of benzene rings is 1. The van der Waals surface area contributed by atoms with Crippen LogP contribution in [0.4, 0.5) is 13.2 Å². The van der Waals surface area contributed by atoms with Gasteiger partial charge in [0.2, 0.25) is 5.91 Å². The van der Waals surface area contributed by atoms with E-state index >= 15 is 0 Å². The Morgan fingerprint density at radius 1 is 1.24 bits per heavy atom. The highest BCUT2D eigenvalue weighted by Crippen LogP contribution is 2.31. The van der Waals surface area contributed by atoms with Crippen LogP contribution in [-0.4, -0.2) is 73.7 Å². The van der Waals surface area contributed by atoms with Crippen LogP contribution in [0, 0.1) is 5.92 Å². The van der Waals surface area contributed by atoms with Crippen molar-refractivity contribution in [3.05, 3.63) is 35.4 Å². The maximum atomic E-state index is 13.7. The predicted octanol–water partition coefficient (Wildman–Crippen LogP) is 4.00. The molecule has 9 heteroatoms. The SMILES string of the molecule is CCCN(C(C)Cc1cccc(C(F)(F)F)c1)C(C(=O)N1CCOCC1)C1CCNCC1.Cl. The quantitative estimate of drug-likeness (QED) is 0.597. The number of alkyl halides is 3. The normalized spacial score (nSPS) is 19.8. The van der Waals surface area contributed by atoms with Gasteiger partial charge in [0.1, 0.15) is 0 Å². The van der Waals surface area contributed by atoms with Gasteiger partial charge < -0.3 is 15.0 Å². The molecule has 2 fully saturated rings. The van der Waals surface area contributed by atoms with Crippen molar-refractivity contribution >= 4 is 18.3 Å². The summed E-state index contributed by atoms with van der Waals surface area (Å²) < 4.78 is 45.0. The molecule has 2 unspecified atom stereocenters. The third-order valence-electron chi connectivity index (χ3n) is 6.60. The number of nitrogens with zero attached hydrogens (tertiary/aromatic N) is 2. The summed E-state index contributed by atoms with van der Waals surface area (Å²) >= 11 is 0. The zero-order valence-electron chi connectivity index (χ0n) is 19.6. The zero-order chi connectivity index (χ0) is 23.1. The number of carbonyl (C=O) groups is 1. The van der Waals surface area contributed by atoms with E-state index in [1.165, 1.54) is 12.1 Å². The number of nitrogens with one attached hydrogen (secondary N) is 1. The van der Waals surface area contributed by atoms with Crippen molar-refractivity contribution in [3.8, 4) is 0 Å². The first kappa shape index (κ1) is 27.9. The van der Waals surface area contributed by atoms with E-state index in [1.807, 2.05) is 11.8 Å². The topological polar surface area (TPSA) is 44.8 Å². The molecule has 3 rings (SSSR count). The van der Waals surface area contributed by atoms with Crippen LogP contribution in [0.2, 0.25) is 0 Å². The first-order valence-electron chi connectivity index (χ1n) is 11.8. The van der Waals surface area contributed by atoms with Crippen LogP contribution in [0.15, 0.2) is 24.3 Å². The Labute approximate surface area is 201 Å². The second-order valence-corrected chi connectivity index (χ2v) is 8.96. The lowest BCUT2D eigenvalue weighted by molar-refractivity contribution is -0.145. The minimum atomic E-state index is -4.35. The third kappa shape index (κ3) is 7.57. The lowest BCUT2D eigenvalue weighted by atomic mass is 9.86. The average Bonchev–Trinajstić information content (AvgIpc) is 2.79. The molecule has 188 valence electrons. The molecule has 33 heavy (non-hydrogen) atoms. The van der Waals surface area contributed by atoms with E-state index in [4.69, 9.17) is 4.74 Å². The van der Waals surface area contributed by atoms with Gasteiger partial charge in [-0.1, -0.05) is 25.1 Å². The summed E-state index contributed by atoms with van der Waals surface area (Å²) in [5.41, 5.74) is 0.0276. The summed E-state index contributed by atoms with van der Waals surface area (Å²) in [7, 11) is 0. The molecule has 0 aliphatic carbocycles. The highest BCUT2D eigenvalue weighted by Gasteiger charge is 2.39. The van der Waals surface area contributed by atoms with Gasteiger partial charge in [0.05, 0.1) is 24.8 Å². The summed E-state index contributed by atoms with van der Waals surface area (Å²) in [6, 6.07) is 5.26. The molecule has 1 aromatic carbocycles. The van der Waals surface area contributed by atoms with E-state index in [-0.39, 0.29) is 36.3 Å².